The molecule has 1 aliphatic heterocycles. The molecule has 124 valence electrons. The van der Waals surface area contributed by atoms with Crippen LogP contribution in [0.4, 0.5) is 0 Å². The molecule has 3 nitrogen and oxygen atoms in total. The number of benzene rings is 2. The van der Waals surface area contributed by atoms with Gasteiger partial charge < -0.3 is 8.98 Å². The van der Waals surface area contributed by atoms with Gasteiger partial charge in [-0.3, -0.25) is 5.32 Å². The van der Waals surface area contributed by atoms with Crippen LogP contribution in [-0.2, 0) is 6.54 Å². The molecule has 0 saturated carbocycles. The highest BCUT2D eigenvalue weighted by Gasteiger charge is 2.27. The van der Waals surface area contributed by atoms with Gasteiger partial charge in [0.1, 0.15) is 11.8 Å². The zero-order chi connectivity index (χ0) is 17.0. The second kappa shape index (κ2) is 5.51. The Hall–Kier alpha value is -2.49. The van der Waals surface area contributed by atoms with Crippen molar-refractivity contribution in [3.63, 3.8) is 0 Å². The third-order valence-electron chi connectivity index (χ3n) is 4.96. The van der Waals surface area contributed by atoms with Gasteiger partial charge in [-0.1, -0.05) is 35.4 Å². The van der Waals surface area contributed by atoms with E-state index in [9.17, 15) is 0 Å². The molecule has 2 aromatic carbocycles. The first-order valence-electron chi connectivity index (χ1n) is 8.38. The van der Waals surface area contributed by atoms with E-state index in [1.165, 1.54) is 5.56 Å². The Labute approximate surface area is 150 Å². The van der Waals surface area contributed by atoms with Gasteiger partial charge in [0.2, 0.25) is 0 Å². The molecule has 0 amide bonds. The van der Waals surface area contributed by atoms with E-state index < -0.39 is 0 Å². The van der Waals surface area contributed by atoms with E-state index in [1.807, 2.05) is 18.4 Å². The molecule has 0 fully saturated rings. The van der Waals surface area contributed by atoms with Gasteiger partial charge in [-0.2, -0.15) is 0 Å². The molecule has 0 spiro atoms. The van der Waals surface area contributed by atoms with Gasteiger partial charge in [-0.15, -0.1) is 0 Å². The maximum absolute atomic E-state index is 6.46. The highest BCUT2D eigenvalue weighted by atomic mass is 35.5. The topological polar surface area (TPSA) is 30.1 Å². The summed E-state index contributed by atoms with van der Waals surface area (Å²) in [5, 5.41) is 6.70. The zero-order valence-corrected chi connectivity index (χ0v) is 14.5. The van der Waals surface area contributed by atoms with Crippen molar-refractivity contribution in [3.05, 3.63) is 88.6 Å². The first-order valence-corrected chi connectivity index (χ1v) is 8.76. The first kappa shape index (κ1) is 14.8. The largest absolute Gasteiger partial charge is 0.466 e. The lowest BCUT2D eigenvalue weighted by atomic mass is 10.0. The third-order valence-corrected chi connectivity index (χ3v) is 5.32. The van der Waals surface area contributed by atoms with Crippen molar-refractivity contribution in [2.45, 2.75) is 19.5 Å². The summed E-state index contributed by atoms with van der Waals surface area (Å²) in [6.07, 6.45) is 3.92. The van der Waals surface area contributed by atoms with Crippen molar-refractivity contribution < 1.29 is 4.42 Å². The van der Waals surface area contributed by atoms with E-state index >= 15 is 0 Å². The van der Waals surface area contributed by atoms with E-state index in [-0.39, 0.29) is 6.04 Å². The van der Waals surface area contributed by atoms with Crippen LogP contribution in [0.25, 0.3) is 16.5 Å². The lowest BCUT2D eigenvalue weighted by Crippen LogP contribution is -2.21. The number of rotatable bonds is 1. The Morgan fingerprint density at radius 2 is 2.08 bits per heavy atom. The van der Waals surface area contributed by atoms with Crippen molar-refractivity contribution in [3.8, 4) is 5.69 Å². The highest BCUT2D eigenvalue weighted by molar-refractivity contribution is 6.31. The van der Waals surface area contributed by atoms with Crippen molar-refractivity contribution in [2.24, 2.45) is 0 Å². The minimum absolute atomic E-state index is 0.0298. The van der Waals surface area contributed by atoms with Crippen molar-refractivity contribution in [1.29, 1.82) is 0 Å². The maximum atomic E-state index is 6.46. The lowest BCUT2D eigenvalue weighted by Gasteiger charge is -2.16. The Morgan fingerprint density at radius 1 is 1.16 bits per heavy atom. The fourth-order valence-corrected chi connectivity index (χ4v) is 3.97. The summed E-state index contributed by atoms with van der Waals surface area (Å²) in [5.41, 5.74) is 4.61. The monoisotopic (exact) mass is 348 g/mol. The fraction of sp³-hybridized carbons (Fsp3) is 0.143. The lowest BCUT2D eigenvalue weighted by molar-refractivity contribution is 0.448. The molecule has 4 heteroatoms. The number of fused-ring (bicyclic) bond motifs is 4. The average molecular weight is 349 g/mol. The molecular formula is C21H17ClN2O. The quantitative estimate of drug-likeness (QED) is 0.500. The summed E-state index contributed by atoms with van der Waals surface area (Å²) in [5.74, 6) is 0.947. The van der Waals surface area contributed by atoms with Crippen LogP contribution in [0, 0.1) is 6.92 Å². The number of halogens is 1. The number of aromatic nitrogens is 1. The number of nitrogens with zero attached hydrogens (tertiary/aromatic N) is 1. The van der Waals surface area contributed by atoms with Gasteiger partial charge in [0, 0.05) is 39.8 Å². The van der Waals surface area contributed by atoms with E-state index in [2.05, 4.69) is 59.4 Å². The minimum Gasteiger partial charge on any atom is -0.466 e. The van der Waals surface area contributed by atoms with Crippen LogP contribution in [0.15, 0.2) is 65.4 Å². The van der Waals surface area contributed by atoms with Crippen LogP contribution >= 0.6 is 11.6 Å². The summed E-state index contributed by atoms with van der Waals surface area (Å²) in [6, 6.07) is 16.6. The SMILES string of the molecule is Cc1ccc2coc(C3NCc4c(Cl)cccc4-n4cccc43)c2c1. The molecule has 0 saturated heterocycles. The van der Waals surface area contributed by atoms with Crippen molar-refractivity contribution >= 4 is 22.4 Å². The molecule has 3 heterocycles. The Balaban J connectivity index is 1.72. The molecule has 2 aromatic heterocycles. The third kappa shape index (κ3) is 2.24. The van der Waals surface area contributed by atoms with Crippen molar-refractivity contribution in [1.82, 2.24) is 9.88 Å². The predicted octanol–water partition coefficient (Wildman–Crippen LogP) is 5.38. The molecule has 1 aliphatic rings. The van der Waals surface area contributed by atoms with E-state index in [4.69, 9.17) is 16.0 Å². The maximum Gasteiger partial charge on any atom is 0.134 e. The molecule has 1 unspecified atom stereocenters. The summed E-state index contributed by atoms with van der Waals surface area (Å²) < 4.78 is 8.22. The van der Waals surface area contributed by atoms with E-state index in [1.54, 1.807) is 0 Å². The van der Waals surface area contributed by atoms with Gasteiger partial charge in [0.15, 0.2) is 0 Å². The van der Waals surface area contributed by atoms with E-state index in [0.29, 0.717) is 6.54 Å². The summed E-state index contributed by atoms with van der Waals surface area (Å²) >= 11 is 6.46. The van der Waals surface area contributed by atoms with Crippen LogP contribution < -0.4 is 5.32 Å². The van der Waals surface area contributed by atoms with Crippen LogP contribution in [0.1, 0.15) is 28.6 Å². The number of aryl methyl sites for hydroxylation is 1. The van der Waals surface area contributed by atoms with Gasteiger partial charge >= 0.3 is 0 Å². The number of furan rings is 1. The number of nitrogens with one attached hydrogen (secondary N) is 1. The van der Waals surface area contributed by atoms with Crippen LogP contribution in [0.3, 0.4) is 0 Å². The Bertz CT molecular complexity index is 1090. The summed E-state index contributed by atoms with van der Waals surface area (Å²) in [7, 11) is 0. The second-order valence-electron chi connectivity index (χ2n) is 6.55. The molecule has 1 atom stereocenters. The van der Waals surface area contributed by atoms with Gasteiger partial charge in [0.25, 0.3) is 0 Å². The predicted molar refractivity (Wildman–Crippen MR) is 100 cm³/mol. The number of hydrogen-bond donors (Lipinski definition) is 1. The first-order chi connectivity index (χ1) is 12.2. The summed E-state index contributed by atoms with van der Waals surface area (Å²) in [6.45, 7) is 2.80. The smallest absolute Gasteiger partial charge is 0.134 e. The number of hydrogen-bond acceptors (Lipinski definition) is 2. The Morgan fingerprint density at radius 3 is 3.00 bits per heavy atom. The van der Waals surface area contributed by atoms with Crippen molar-refractivity contribution in [2.75, 3.05) is 0 Å². The molecule has 4 aromatic rings. The average Bonchev–Trinajstić information content (AvgIpc) is 3.21. The molecule has 1 N–H and O–H groups in total. The molecule has 0 bridgehead atoms. The highest BCUT2D eigenvalue weighted by Crippen LogP contribution is 2.36. The normalized spacial score (nSPS) is 16.5. The molecule has 0 aliphatic carbocycles. The van der Waals surface area contributed by atoms with E-state index in [0.717, 1.165) is 38.5 Å². The van der Waals surface area contributed by atoms with Gasteiger partial charge in [-0.25, -0.2) is 0 Å². The molecule has 5 rings (SSSR count). The fourth-order valence-electron chi connectivity index (χ4n) is 3.73. The van der Waals surface area contributed by atoms with Crippen LogP contribution in [0.5, 0.6) is 0 Å². The minimum atomic E-state index is -0.0298. The Kier molecular flexibility index (Phi) is 3.27. The van der Waals surface area contributed by atoms with Crippen LogP contribution in [-0.4, -0.2) is 4.57 Å². The van der Waals surface area contributed by atoms with Gasteiger partial charge in [-0.05, 0) is 37.3 Å². The van der Waals surface area contributed by atoms with Crippen LogP contribution in [0.2, 0.25) is 5.02 Å². The molecule has 0 radical (unpaired) electrons. The molecule has 25 heavy (non-hydrogen) atoms. The van der Waals surface area contributed by atoms with Gasteiger partial charge in [0.05, 0.1) is 12.0 Å². The summed E-state index contributed by atoms with van der Waals surface area (Å²) in [4.78, 5) is 0. The zero-order valence-electron chi connectivity index (χ0n) is 13.8. The molecular weight excluding hydrogens is 332 g/mol. The standard InChI is InChI=1S/C21H17ClN2O/c1-13-7-8-14-12-25-21(15(14)10-13)20-19-6-3-9-24(19)18-5-2-4-17(22)16(18)11-23-20/h2-10,12,20,23H,11H2,1H3. The second-order valence-corrected chi connectivity index (χ2v) is 6.95.